The smallest absolute Gasteiger partial charge is 0.220 e. The maximum absolute atomic E-state index is 12.0. The summed E-state index contributed by atoms with van der Waals surface area (Å²) in [7, 11) is 0. The molecule has 4 nitrogen and oxygen atoms in total. The highest BCUT2D eigenvalue weighted by atomic mass is 32.1. The first kappa shape index (κ1) is 18.8. The van der Waals surface area contributed by atoms with Gasteiger partial charge in [-0.15, -0.1) is 11.3 Å². The van der Waals surface area contributed by atoms with Gasteiger partial charge in [0, 0.05) is 29.7 Å². The van der Waals surface area contributed by atoms with Crippen LogP contribution >= 0.6 is 11.3 Å². The van der Waals surface area contributed by atoms with Crippen molar-refractivity contribution in [1.29, 1.82) is 0 Å². The Hall–Kier alpha value is -1.20. The summed E-state index contributed by atoms with van der Waals surface area (Å²) in [5.41, 5.74) is -0.390. The third kappa shape index (κ3) is 5.54. The molecule has 0 aliphatic rings. The maximum Gasteiger partial charge on any atom is 0.220 e. The lowest BCUT2D eigenvalue weighted by molar-refractivity contribution is -0.122. The Morgan fingerprint density at radius 1 is 1.27 bits per heavy atom. The molecule has 0 aliphatic carbocycles. The average molecular weight is 325 g/mol. The monoisotopic (exact) mass is 325 g/mol. The number of nitrogens with one attached hydrogen (secondary N) is 1. The number of Topliss-reactive ketones (excluding diaryl/α,β-unsaturated/α-hetero) is 1. The van der Waals surface area contributed by atoms with Crippen LogP contribution in [0.2, 0.25) is 0 Å². The number of aryl methyl sites for hydroxylation is 1. The molecule has 1 rings (SSSR count). The number of ketones is 1. The van der Waals surface area contributed by atoms with E-state index in [4.69, 9.17) is 0 Å². The number of carbonyl (C=O) groups is 2. The highest BCUT2D eigenvalue weighted by Crippen LogP contribution is 2.25. The van der Waals surface area contributed by atoms with Crippen molar-refractivity contribution >= 4 is 23.0 Å². The van der Waals surface area contributed by atoms with Gasteiger partial charge in [-0.3, -0.25) is 9.59 Å². The van der Waals surface area contributed by atoms with Crippen molar-refractivity contribution in [3.05, 3.63) is 21.9 Å². The number of carbonyl (C=O) groups excluding carboxylic acids is 2. The standard InChI is InChI=1S/C17H27NO3S/c1-11(2)16(21)17(4,5)10-18-15(20)9-7-13(19)14-8-6-12(3)22-14/h6,8,11,16,21H,7,9-10H2,1-5H3,(H,18,20). The highest BCUT2D eigenvalue weighted by molar-refractivity contribution is 7.14. The van der Waals surface area contributed by atoms with Crippen LogP contribution in [0, 0.1) is 18.3 Å². The van der Waals surface area contributed by atoms with Crippen molar-refractivity contribution in [3.63, 3.8) is 0 Å². The summed E-state index contributed by atoms with van der Waals surface area (Å²) in [4.78, 5) is 25.6. The molecule has 1 amide bonds. The van der Waals surface area contributed by atoms with Gasteiger partial charge < -0.3 is 10.4 Å². The fraction of sp³-hybridized carbons (Fsp3) is 0.647. The van der Waals surface area contributed by atoms with Crippen molar-refractivity contribution in [2.75, 3.05) is 6.54 Å². The zero-order chi connectivity index (χ0) is 16.9. The van der Waals surface area contributed by atoms with Gasteiger partial charge in [0.2, 0.25) is 5.91 Å². The molecule has 0 saturated heterocycles. The minimum Gasteiger partial charge on any atom is -0.392 e. The van der Waals surface area contributed by atoms with Gasteiger partial charge in [0.05, 0.1) is 11.0 Å². The number of hydrogen-bond acceptors (Lipinski definition) is 4. The van der Waals surface area contributed by atoms with Gasteiger partial charge in [0.25, 0.3) is 0 Å². The summed E-state index contributed by atoms with van der Waals surface area (Å²) < 4.78 is 0. The minimum atomic E-state index is -0.483. The van der Waals surface area contributed by atoms with Gasteiger partial charge >= 0.3 is 0 Å². The second-order valence-electron chi connectivity index (χ2n) is 6.79. The summed E-state index contributed by atoms with van der Waals surface area (Å²) in [6.45, 7) is 10.1. The Balaban J connectivity index is 2.39. The second-order valence-corrected chi connectivity index (χ2v) is 8.08. The zero-order valence-electron chi connectivity index (χ0n) is 14.1. The SMILES string of the molecule is Cc1ccc(C(=O)CCC(=O)NCC(C)(C)C(O)C(C)C)s1. The molecule has 0 fully saturated rings. The Labute approximate surface area is 136 Å². The molecule has 2 N–H and O–H groups in total. The fourth-order valence-corrected chi connectivity index (χ4v) is 3.19. The number of aliphatic hydroxyl groups excluding tert-OH is 1. The van der Waals surface area contributed by atoms with Crippen LogP contribution in [-0.2, 0) is 4.79 Å². The largest absolute Gasteiger partial charge is 0.392 e. The molecular weight excluding hydrogens is 298 g/mol. The Morgan fingerprint density at radius 2 is 1.91 bits per heavy atom. The minimum absolute atomic E-state index is 0.00900. The van der Waals surface area contributed by atoms with Gasteiger partial charge in [-0.1, -0.05) is 27.7 Å². The summed E-state index contributed by atoms with van der Waals surface area (Å²) in [6, 6.07) is 3.72. The van der Waals surface area contributed by atoms with Crippen molar-refractivity contribution in [3.8, 4) is 0 Å². The topological polar surface area (TPSA) is 66.4 Å². The van der Waals surface area contributed by atoms with Gasteiger partial charge in [-0.25, -0.2) is 0 Å². The number of aliphatic hydroxyl groups is 1. The lowest BCUT2D eigenvalue weighted by Crippen LogP contribution is -2.43. The summed E-state index contributed by atoms with van der Waals surface area (Å²) in [5.74, 6) is -0.00377. The van der Waals surface area contributed by atoms with Crippen LogP contribution in [0.3, 0.4) is 0 Å². The van der Waals surface area contributed by atoms with Gasteiger partial charge in [0.1, 0.15) is 0 Å². The van der Waals surface area contributed by atoms with Crippen LogP contribution in [0.25, 0.3) is 0 Å². The zero-order valence-corrected chi connectivity index (χ0v) is 14.9. The van der Waals surface area contributed by atoms with E-state index in [0.717, 1.165) is 4.88 Å². The molecule has 0 spiro atoms. The summed E-state index contributed by atoms with van der Waals surface area (Å²) >= 11 is 1.46. The lowest BCUT2D eigenvalue weighted by atomic mass is 9.80. The van der Waals surface area contributed by atoms with Crippen LogP contribution in [0.4, 0.5) is 0 Å². The molecule has 1 aromatic rings. The average Bonchev–Trinajstić information content (AvgIpc) is 2.88. The molecule has 0 saturated carbocycles. The van der Waals surface area contributed by atoms with Crippen LogP contribution in [0.1, 0.15) is 55.1 Å². The number of hydrogen-bond donors (Lipinski definition) is 2. The molecule has 1 atom stereocenters. The number of rotatable bonds is 8. The second kappa shape index (κ2) is 7.88. The van der Waals surface area contributed by atoms with E-state index < -0.39 is 11.5 Å². The first-order valence-corrected chi connectivity index (χ1v) is 8.49. The third-order valence-corrected chi connectivity index (χ3v) is 4.81. The van der Waals surface area contributed by atoms with Crippen LogP contribution in [0.15, 0.2) is 12.1 Å². The molecule has 0 bridgehead atoms. The van der Waals surface area contributed by atoms with Gasteiger partial charge in [0.15, 0.2) is 5.78 Å². The van der Waals surface area contributed by atoms with E-state index in [1.165, 1.54) is 11.3 Å². The summed E-state index contributed by atoms with van der Waals surface area (Å²) in [5, 5.41) is 13.0. The van der Waals surface area contributed by atoms with Crippen LogP contribution in [-0.4, -0.2) is 29.4 Å². The predicted octanol–water partition coefficient (Wildman–Crippen LogP) is 3.18. The first-order chi connectivity index (χ1) is 10.1. The number of thiophene rings is 1. The molecule has 124 valence electrons. The van der Waals surface area contributed by atoms with E-state index in [2.05, 4.69) is 5.32 Å². The molecule has 0 aromatic carbocycles. The lowest BCUT2D eigenvalue weighted by Gasteiger charge is -2.33. The Kier molecular flexibility index (Phi) is 6.75. The van der Waals surface area contributed by atoms with Crippen molar-refractivity contribution in [1.82, 2.24) is 5.32 Å². The molecule has 1 aromatic heterocycles. The Morgan fingerprint density at radius 3 is 2.41 bits per heavy atom. The van der Waals surface area contributed by atoms with Crippen LogP contribution in [0.5, 0.6) is 0 Å². The van der Waals surface area contributed by atoms with Gasteiger partial charge in [-0.05, 0) is 25.0 Å². The highest BCUT2D eigenvalue weighted by Gasteiger charge is 2.30. The van der Waals surface area contributed by atoms with Crippen LogP contribution < -0.4 is 5.32 Å². The fourth-order valence-electron chi connectivity index (χ4n) is 2.36. The first-order valence-electron chi connectivity index (χ1n) is 7.68. The molecular formula is C17H27NO3S. The normalized spacial score (nSPS) is 13.2. The third-order valence-electron chi connectivity index (χ3n) is 3.77. The van der Waals surface area contributed by atoms with E-state index in [0.29, 0.717) is 11.4 Å². The van der Waals surface area contributed by atoms with E-state index >= 15 is 0 Å². The Bertz CT molecular complexity index is 520. The molecule has 1 heterocycles. The van der Waals surface area contributed by atoms with E-state index in [9.17, 15) is 14.7 Å². The molecule has 5 heteroatoms. The van der Waals surface area contributed by atoms with Crippen molar-refractivity contribution in [2.45, 2.75) is 53.6 Å². The van der Waals surface area contributed by atoms with Crippen molar-refractivity contribution < 1.29 is 14.7 Å². The summed E-state index contributed by atoms with van der Waals surface area (Å²) in [6.07, 6.45) is -0.0775. The van der Waals surface area contributed by atoms with E-state index in [-0.39, 0.29) is 30.4 Å². The predicted molar refractivity (Wildman–Crippen MR) is 90.3 cm³/mol. The molecule has 0 aliphatic heterocycles. The van der Waals surface area contributed by atoms with E-state index in [1.807, 2.05) is 46.8 Å². The maximum atomic E-state index is 12.0. The molecule has 0 radical (unpaired) electrons. The molecule has 22 heavy (non-hydrogen) atoms. The van der Waals surface area contributed by atoms with Gasteiger partial charge in [-0.2, -0.15) is 0 Å². The van der Waals surface area contributed by atoms with E-state index in [1.54, 1.807) is 0 Å². The quantitative estimate of drug-likeness (QED) is 0.721. The molecule has 1 unspecified atom stereocenters. The number of amides is 1. The van der Waals surface area contributed by atoms with Crippen molar-refractivity contribution in [2.24, 2.45) is 11.3 Å².